The molecule has 1 aromatic heterocycles. The molecule has 96 valence electrons. The number of rotatable bonds is 5. The number of nitrogens with two attached hydrogens (primary N) is 1. The number of nitrogens with zero attached hydrogens (tertiary/aromatic N) is 3. The summed E-state index contributed by atoms with van der Waals surface area (Å²) in [6.07, 6.45) is 1.78. The lowest BCUT2D eigenvalue weighted by molar-refractivity contribution is 0.0529. The van der Waals surface area contributed by atoms with Crippen LogP contribution in [0.5, 0.6) is 0 Å². The number of carbonyl (C=O) groups is 1. The Morgan fingerprint density at radius 3 is 2.76 bits per heavy atom. The number of amides is 1. The van der Waals surface area contributed by atoms with Gasteiger partial charge in [0, 0.05) is 26.8 Å². The first kappa shape index (κ1) is 13.5. The van der Waals surface area contributed by atoms with Crippen LogP contribution in [0.1, 0.15) is 24.3 Å². The number of nitrogen functional groups attached to an aromatic ring is 1. The van der Waals surface area contributed by atoms with Crippen LogP contribution in [0.4, 0.5) is 5.69 Å². The number of anilines is 1. The maximum atomic E-state index is 12.0. The molecule has 0 aliphatic rings. The first-order chi connectivity index (χ1) is 7.91. The van der Waals surface area contributed by atoms with Crippen molar-refractivity contribution in [3.8, 4) is 0 Å². The van der Waals surface area contributed by atoms with Gasteiger partial charge in [0.1, 0.15) is 0 Å². The normalized spacial score (nSPS) is 10.9. The topological polar surface area (TPSA) is 73.4 Å². The third-order valence-corrected chi connectivity index (χ3v) is 2.28. The molecule has 0 bridgehead atoms. The van der Waals surface area contributed by atoms with E-state index < -0.39 is 0 Å². The minimum Gasteiger partial charge on any atom is -0.396 e. The van der Waals surface area contributed by atoms with Crippen molar-refractivity contribution in [2.45, 2.75) is 20.0 Å². The molecule has 6 nitrogen and oxygen atoms in total. The maximum Gasteiger partial charge on any atom is 0.276 e. The Morgan fingerprint density at radius 1 is 1.65 bits per heavy atom. The summed E-state index contributed by atoms with van der Waals surface area (Å²) in [5, 5.41) is 4.03. The number of ether oxygens (including phenoxy) is 1. The van der Waals surface area contributed by atoms with Gasteiger partial charge in [-0.25, -0.2) is 0 Å². The zero-order valence-corrected chi connectivity index (χ0v) is 10.8. The molecule has 0 aliphatic heterocycles. The first-order valence-corrected chi connectivity index (χ1v) is 5.58. The number of hydrogen-bond donors (Lipinski definition) is 1. The van der Waals surface area contributed by atoms with Gasteiger partial charge < -0.3 is 15.4 Å². The highest BCUT2D eigenvalue weighted by Crippen LogP contribution is 2.10. The number of aromatic nitrogens is 2. The largest absolute Gasteiger partial charge is 0.396 e. The predicted molar refractivity (Wildman–Crippen MR) is 65.7 cm³/mol. The van der Waals surface area contributed by atoms with E-state index in [1.54, 1.807) is 25.2 Å². The van der Waals surface area contributed by atoms with Crippen molar-refractivity contribution in [2.24, 2.45) is 7.05 Å². The molecule has 0 saturated carbocycles. The lowest BCUT2D eigenvalue weighted by Crippen LogP contribution is -2.31. The fourth-order valence-electron chi connectivity index (χ4n) is 1.38. The summed E-state index contributed by atoms with van der Waals surface area (Å²) in [7, 11) is 3.44. The summed E-state index contributed by atoms with van der Waals surface area (Å²) in [5.74, 6) is -0.185. The van der Waals surface area contributed by atoms with Crippen LogP contribution in [0.2, 0.25) is 0 Å². The van der Waals surface area contributed by atoms with Crippen LogP contribution in [0.15, 0.2) is 6.20 Å². The molecule has 1 amide bonds. The van der Waals surface area contributed by atoms with Gasteiger partial charge >= 0.3 is 0 Å². The smallest absolute Gasteiger partial charge is 0.276 e. The van der Waals surface area contributed by atoms with Crippen molar-refractivity contribution in [2.75, 3.05) is 25.9 Å². The van der Waals surface area contributed by atoms with Crippen molar-refractivity contribution in [3.63, 3.8) is 0 Å². The molecule has 17 heavy (non-hydrogen) atoms. The first-order valence-electron chi connectivity index (χ1n) is 5.58. The van der Waals surface area contributed by atoms with E-state index in [9.17, 15) is 4.79 Å². The standard InChI is InChI=1S/C11H20N4O2/c1-8(2)17-6-5-14(3)11(16)10-9(12)7-15(4)13-10/h7-8H,5-6,12H2,1-4H3. The lowest BCUT2D eigenvalue weighted by atomic mass is 10.3. The van der Waals surface area contributed by atoms with E-state index in [0.717, 1.165) is 0 Å². The number of carbonyl (C=O) groups excluding carboxylic acids is 1. The maximum absolute atomic E-state index is 12.0. The van der Waals surface area contributed by atoms with Crippen molar-refractivity contribution < 1.29 is 9.53 Å². The van der Waals surface area contributed by atoms with Gasteiger partial charge in [0.15, 0.2) is 5.69 Å². The molecule has 0 radical (unpaired) electrons. The lowest BCUT2D eigenvalue weighted by Gasteiger charge is -2.17. The third-order valence-electron chi connectivity index (χ3n) is 2.28. The molecule has 0 unspecified atom stereocenters. The van der Waals surface area contributed by atoms with Crippen molar-refractivity contribution in [3.05, 3.63) is 11.9 Å². The number of aryl methyl sites for hydroxylation is 1. The second-order valence-corrected chi connectivity index (χ2v) is 4.25. The Bertz CT molecular complexity index is 387. The second-order valence-electron chi connectivity index (χ2n) is 4.25. The summed E-state index contributed by atoms with van der Waals surface area (Å²) >= 11 is 0. The molecular formula is C11H20N4O2. The van der Waals surface area contributed by atoms with Crippen LogP contribution >= 0.6 is 0 Å². The fourth-order valence-corrected chi connectivity index (χ4v) is 1.38. The molecular weight excluding hydrogens is 220 g/mol. The molecule has 2 N–H and O–H groups in total. The zero-order chi connectivity index (χ0) is 13.0. The van der Waals surface area contributed by atoms with Gasteiger partial charge in [0.2, 0.25) is 0 Å². The Balaban J connectivity index is 2.55. The van der Waals surface area contributed by atoms with Crippen LogP contribution in [-0.2, 0) is 11.8 Å². The molecule has 0 aliphatic carbocycles. The van der Waals surface area contributed by atoms with Crippen molar-refractivity contribution >= 4 is 11.6 Å². The van der Waals surface area contributed by atoms with Gasteiger partial charge in [-0.15, -0.1) is 0 Å². The summed E-state index contributed by atoms with van der Waals surface area (Å²) in [4.78, 5) is 13.5. The molecule has 6 heteroatoms. The van der Waals surface area contributed by atoms with E-state index in [1.807, 2.05) is 13.8 Å². The van der Waals surface area contributed by atoms with Gasteiger partial charge in [-0.3, -0.25) is 9.48 Å². The molecule has 1 aromatic rings. The summed E-state index contributed by atoms with van der Waals surface area (Å²) < 4.78 is 6.91. The van der Waals surface area contributed by atoms with E-state index in [0.29, 0.717) is 24.5 Å². The van der Waals surface area contributed by atoms with Crippen molar-refractivity contribution in [1.29, 1.82) is 0 Å². The second kappa shape index (κ2) is 5.67. The highest BCUT2D eigenvalue weighted by molar-refractivity contribution is 5.96. The molecule has 0 fully saturated rings. The molecule has 0 saturated heterocycles. The van der Waals surface area contributed by atoms with E-state index in [-0.39, 0.29) is 12.0 Å². The van der Waals surface area contributed by atoms with Gasteiger partial charge in [0.25, 0.3) is 5.91 Å². The average molecular weight is 240 g/mol. The van der Waals surface area contributed by atoms with Crippen molar-refractivity contribution in [1.82, 2.24) is 14.7 Å². The highest BCUT2D eigenvalue weighted by atomic mass is 16.5. The van der Waals surface area contributed by atoms with Gasteiger partial charge in [-0.2, -0.15) is 5.10 Å². The molecule has 0 atom stereocenters. The van der Waals surface area contributed by atoms with E-state index >= 15 is 0 Å². The van der Waals surface area contributed by atoms with Crippen LogP contribution in [0, 0.1) is 0 Å². The van der Waals surface area contributed by atoms with Crippen LogP contribution < -0.4 is 5.73 Å². The van der Waals surface area contributed by atoms with Gasteiger partial charge in [0.05, 0.1) is 18.4 Å². The summed E-state index contributed by atoms with van der Waals surface area (Å²) in [5.41, 5.74) is 6.38. The zero-order valence-electron chi connectivity index (χ0n) is 10.8. The van der Waals surface area contributed by atoms with Gasteiger partial charge in [-0.1, -0.05) is 0 Å². The van der Waals surface area contributed by atoms with Gasteiger partial charge in [-0.05, 0) is 13.8 Å². The Labute approximate surface area is 101 Å². The Hall–Kier alpha value is -1.56. The Morgan fingerprint density at radius 2 is 2.29 bits per heavy atom. The average Bonchev–Trinajstić information content (AvgIpc) is 2.56. The van der Waals surface area contributed by atoms with Crippen LogP contribution in [0.3, 0.4) is 0 Å². The minimum absolute atomic E-state index is 0.165. The minimum atomic E-state index is -0.185. The summed E-state index contributed by atoms with van der Waals surface area (Å²) in [6.45, 7) is 4.94. The Kier molecular flexibility index (Phi) is 4.51. The quantitative estimate of drug-likeness (QED) is 0.813. The van der Waals surface area contributed by atoms with Crippen LogP contribution in [0.25, 0.3) is 0 Å². The predicted octanol–water partition coefficient (Wildman–Crippen LogP) is 0.499. The number of likely N-dealkylation sites (N-methyl/N-ethyl adjacent to an activating group) is 1. The summed E-state index contributed by atoms with van der Waals surface area (Å²) in [6, 6.07) is 0. The van der Waals surface area contributed by atoms with E-state index in [1.165, 1.54) is 4.68 Å². The highest BCUT2D eigenvalue weighted by Gasteiger charge is 2.18. The monoisotopic (exact) mass is 240 g/mol. The third kappa shape index (κ3) is 3.74. The fraction of sp³-hybridized carbons (Fsp3) is 0.636. The van der Waals surface area contributed by atoms with E-state index in [4.69, 9.17) is 10.5 Å². The number of hydrogen-bond acceptors (Lipinski definition) is 4. The molecule has 1 heterocycles. The molecule has 1 rings (SSSR count). The van der Waals surface area contributed by atoms with E-state index in [2.05, 4.69) is 5.10 Å². The molecule has 0 spiro atoms. The molecule has 0 aromatic carbocycles. The van der Waals surface area contributed by atoms with Crippen LogP contribution in [-0.4, -0.2) is 46.9 Å². The SMILES string of the molecule is CC(C)OCCN(C)C(=O)c1nn(C)cc1N.